The number of hydrogen-bond donors (Lipinski definition) is 3. The number of carbonyl (C=O) groups excluding carboxylic acids is 1. The summed E-state index contributed by atoms with van der Waals surface area (Å²) in [6, 6.07) is 0.0323. The smallest absolute Gasteiger partial charge is 0.389 e. The average Bonchev–Trinajstić information content (AvgIpc) is 3.08. The maximum atomic E-state index is 12.9. The average molecular weight is 591 g/mol. The number of benzene rings is 1. The summed E-state index contributed by atoms with van der Waals surface area (Å²) in [5.74, 6) is -0.518. The molecule has 0 saturated carbocycles. The molecule has 0 bridgehead atoms. The number of nitrogens with one attached hydrogen (secondary N) is 2. The van der Waals surface area contributed by atoms with Gasteiger partial charge in [-0.1, -0.05) is 50.0 Å². The topological polar surface area (TPSA) is 108 Å². The SMILES string of the molecule is CC(NS(=O)(=O)c1ccc(-c2sc(C(=O)NCC(C)(C)O)nc2CC(C)(C)C)c(Cl)c1Cl)C(F)(F)F. The van der Waals surface area contributed by atoms with Gasteiger partial charge in [0.05, 0.1) is 26.2 Å². The number of thiazole rings is 1. The van der Waals surface area contributed by atoms with Crippen molar-refractivity contribution in [2.24, 2.45) is 5.41 Å². The maximum absolute atomic E-state index is 12.9. The van der Waals surface area contributed by atoms with E-state index in [0.717, 1.165) is 17.4 Å². The van der Waals surface area contributed by atoms with E-state index in [1.165, 1.54) is 19.9 Å². The van der Waals surface area contributed by atoms with Crippen LogP contribution in [-0.4, -0.2) is 48.8 Å². The fourth-order valence-electron chi connectivity index (χ4n) is 2.93. The molecule has 3 N–H and O–H groups in total. The Balaban J connectivity index is 2.55. The lowest BCUT2D eigenvalue weighted by Gasteiger charge is -2.19. The summed E-state index contributed by atoms with van der Waals surface area (Å²) in [5.41, 5.74) is -0.596. The molecule has 202 valence electrons. The van der Waals surface area contributed by atoms with Gasteiger partial charge < -0.3 is 10.4 Å². The quantitative estimate of drug-likeness (QED) is 0.380. The third-order valence-electron chi connectivity index (χ3n) is 4.67. The molecule has 1 aromatic heterocycles. The number of aliphatic hydroxyl groups is 1. The van der Waals surface area contributed by atoms with Gasteiger partial charge in [0.2, 0.25) is 10.0 Å². The monoisotopic (exact) mass is 589 g/mol. The van der Waals surface area contributed by atoms with Crippen LogP contribution in [0.15, 0.2) is 17.0 Å². The van der Waals surface area contributed by atoms with Crippen molar-refractivity contribution in [3.8, 4) is 10.4 Å². The highest BCUT2D eigenvalue weighted by atomic mass is 35.5. The predicted molar refractivity (Wildman–Crippen MR) is 135 cm³/mol. The van der Waals surface area contributed by atoms with Gasteiger partial charge in [-0.3, -0.25) is 4.79 Å². The van der Waals surface area contributed by atoms with Gasteiger partial charge in [-0.2, -0.15) is 17.9 Å². The molecule has 0 radical (unpaired) electrons. The van der Waals surface area contributed by atoms with E-state index in [9.17, 15) is 31.5 Å². The van der Waals surface area contributed by atoms with E-state index >= 15 is 0 Å². The Hall–Kier alpha value is -1.44. The zero-order valence-corrected chi connectivity index (χ0v) is 23.6. The Morgan fingerprint density at radius 3 is 2.22 bits per heavy atom. The van der Waals surface area contributed by atoms with Gasteiger partial charge in [-0.05, 0) is 38.7 Å². The van der Waals surface area contributed by atoms with E-state index in [-0.39, 0.29) is 27.6 Å². The summed E-state index contributed by atoms with van der Waals surface area (Å²) >= 11 is 13.6. The molecule has 0 fully saturated rings. The summed E-state index contributed by atoms with van der Waals surface area (Å²) in [4.78, 5) is 17.0. The second kappa shape index (κ2) is 10.7. The Bertz CT molecular complexity index is 1230. The number of hydrogen-bond acceptors (Lipinski definition) is 6. The van der Waals surface area contributed by atoms with Crippen molar-refractivity contribution in [1.29, 1.82) is 0 Å². The summed E-state index contributed by atoms with van der Waals surface area (Å²) in [6.07, 6.45) is -4.37. The van der Waals surface area contributed by atoms with E-state index in [1.54, 1.807) is 4.72 Å². The van der Waals surface area contributed by atoms with Crippen molar-refractivity contribution >= 4 is 50.5 Å². The Labute approximate surface area is 222 Å². The molecular weight excluding hydrogens is 562 g/mol. The van der Waals surface area contributed by atoms with Gasteiger partial charge >= 0.3 is 6.18 Å². The second-order valence-electron chi connectivity index (χ2n) is 10.2. The summed E-state index contributed by atoms with van der Waals surface area (Å²) in [6.45, 7) is 9.60. The van der Waals surface area contributed by atoms with Crippen molar-refractivity contribution in [3.63, 3.8) is 0 Å². The first-order valence-corrected chi connectivity index (χ1v) is 13.8. The van der Waals surface area contributed by atoms with Crippen LogP contribution < -0.4 is 10.0 Å². The molecule has 0 aliphatic carbocycles. The first-order chi connectivity index (χ1) is 16.1. The Morgan fingerprint density at radius 2 is 1.72 bits per heavy atom. The standard InChI is InChI=1S/C22H28Cl2F3N3O4S2/c1-11(22(25,26)27)30-36(33,34)14-8-7-12(15(23)16(14)24)17-13(9-20(2,3)4)29-19(35-17)18(31)28-10-21(5,6)32/h7-8,11,30,32H,9-10H2,1-6H3,(H,28,31). The minimum absolute atomic E-state index is 0.0160. The van der Waals surface area contributed by atoms with E-state index in [0.29, 0.717) is 23.9 Å². The molecule has 7 nitrogen and oxygen atoms in total. The van der Waals surface area contributed by atoms with Crippen LogP contribution in [0.25, 0.3) is 10.4 Å². The van der Waals surface area contributed by atoms with Gasteiger partial charge in [-0.15, -0.1) is 11.3 Å². The van der Waals surface area contributed by atoms with Crippen molar-refractivity contribution in [2.45, 2.75) is 70.7 Å². The molecule has 0 spiro atoms. The number of aromatic nitrogens is 1. The normalized spacial score (nSPS) is 14.1. The lowest BCUT2D eigenvalue weighted by molar-refractivity contribution is -0.147. The van der Waals surface area contributed by atoms with Crippen LogP contribution in [0.5, 0.6) is 0 Å². The highest BCUT2D eigenvalue weighted by Gasteiger charge is 2.39. The number of rotatable bonds is 8. The number of amides is 1. The van der Waals surface area contributed by atoms with E-state index in [1.807, 2.05) is 20.8 Å². The molecule has 2 rings (SSSR count). The van der Waals surface area contributed by atoms with Crippen LogP contribution in [0.2, 0.25) is 10.0 Å². The molecule has 1 unspecified atom stereocenters. The fourth-order valence-corrected chi connectivity index (χ4v) is 6.11. The molecule has 1 aromatic carbocycles. The van der Waals surface area contributed by atoms with Crippen LogP contribution in [0.4, 0.5) is 13.2 Å². The van der Waals surface area contributed by atoms with E-state index in [4.69, 9.17) is 23.2 Å². The summed E-state index contributed by atoms with van der Waals surface area (Å²) in [7, 11) is -4.65. The molecule has 2 aromatic rings. The zero-order chi connectivity index (χ0) is 27.9. The highest BCUT2D eigenvalue weighted by molar-refractivity contribution is 7.89. The van der Waals surface area contributed by atoms with Crippen molar-refractivity contribution in [2.75, 3.05) is 6.54 Å². The predicted octanol–water partition coefficient (Wildman–Crippen LogP) is 5.44. The maximum Gasteiger partial charge on any atom is 0.404 e. The van der Waals surface area contributed by atoms with Crippen LogP contribution in [0, 0.1) is 5.41 Å². The lowest BCUT2D eigenvalue weighted by atomic mass is 9.89. The molecular formula is C22H28Cl2F3N3O4S2. The second-order valence-corrected chi connectivity index (χ2v) is 13.6. The minimum atomic E-state index is -4.80. The Kier molecular flexibility index (Phi) is 9.18. The first kappa shape index (κ1) is 30.8. The zero-order valence-electron chi connectivity index (χ0n) is 20.5. The fraction of sp³-hybridized carbons (Fsp3) is 0.545. The molecule has 1 amide bonds. The third-order valence-corrected chi connectivity index (χ3v) is 8.38. The minimum Gasteiger partial charge on any atom is -0.389 e. The van der Waals surface area contributed by atoms with Crippen LogP contribution in [0.3, 0.4) is 0 Å². The third kappa shape index (κ3) is 8.03. The van der Waals surface area contributed by atoms with E-state index in [2.05, 4.69) is 10.3 Å². The number of sulfonamides is 1. The number of alkyl halides is 3. The number of halogens is 5. The van der Waals surface area contributed by atoms with Crippen LogP contribution in [0.1, 0.15) is 57.0 Å². The van der Waals surface area contributed by atoms with Gasteiger partial charge in [0.15, 0.2) is 5.01 Å². The van der Waals surface area contributed by atoms with Gasteiger partial charge in [-0.25, -0.2) is 13.4 Å². The molecule has 36 heavy (non-hydrogen) atoms. The molecule has 1 atom stereocenters. The molecule has 0 saturated heterocycles. The van der Waals surface area contributed by atoms with E-state index < -0.39 is 43.7 Å². The molecule has 1 heterocycles. The number of nitrogens with zero attached hydrogens (tertiary/aromatic N) is 1. The van der Waals surface area contributed by atoms with Gasteiger partial charge in [0, 0.05) is 12.1 Å². The van der Waals surface area contributed by atoms with Gasteiger partial charge in [0.25, 0.3) is 5.91 Å². The lowest BCUT2D eigenvalue weighted by Crippen LogP contribution is -2.43. The number of carbonyl (C=O) groups is 1. The molecule has 0 aliphatic rings. The Morgan fingerprint density at radius 1 is 1.14 bits per heavy atom. The highest BCUT2D eigenvalue weighted by Crippen LogP contribution is 2.42. The summed E-state index contributed by atoms with van der Waals surface area (Å²) in [5, 5.41) is 11.9. The van der Waals surface area contributed by atoms with Crippen molar-refractivity contribution in [3.05, 3.63) is 32.9 Å². The van der Waals surface area contributed by atoms with Crippen LogP contribution in [-0.2, 0) is 16.4 Å². The molecule has 14 heteroatoms. The van der Waals surface area contributed by atoms with Crippen LogP contribution >= 0.6 is 34.5 Å². The van der Waals surface area contributed by atoms with Crippen molar-refractivity contribution < 1.29 is 31.5 Å². The molecule has 0 aliphatic heterocycles. The van der Waals surface area contributed by atoms with Gasteiger partial charge in [0.1, 0.15) is 10.9 Å². The first-order valence-electron chi connectivity index (χ1n) is 10.7. The largest absolute Gasteiger partial charge is 0.404 e. The summed E-state index contributed by atoms with van der Waals surface area (Å²) < 4.78 is 65.4. The van der Waals surface area contributed by atoms with Crippen molar-refractivity contribution in [1.82, 2.24) is 15.0 Å².